The molecule has 1 atom stereocenters. The van der Waals surface area contributed by atoms with E-state index in [1.165, 1.54) is 18.4 Å². The Morgan fingerprint density at radius 3 is 2.08 bits per heavy atom. The number of hydrogen-bond donors (Lipinski definition) is 0. The summed E-state index contributed by atoms with van der Waals surface area (Å²) < 4.78 is 5.77. The lowest BCUT2D eigenvalue weighted by molar-refractivity contribution is 0.306. The number of alkyl halides is 1. The number of nitrogens with zero attached hydrogens (tertiary/aromatic N) is 2. The molecule has 0 amide bonds. The average Bonchev–Trinajstić information content (AvgIpc) is 2.69. The lowest BCUT2D eigenvalue weighted by Gasteiger charge is -2.08. The van der Waals surface area contributed by atoms with Crippen molar-refractivity contribution in [3.8, 4) is 5.75 Å². The van der Waals surface area contributed by atoms with Gasteiger partial charge in [-0.2, -0.15) is 10.2 Å². The van der Waals surface area contributed by atoms with Gasteiger partial charge in [0, 0.05) is 4.83 Å². The quantitative estimate of drug-likeness (QED) is 0.209. The predicted molar refractivity (Wildman–Crippen MR) is 113 cm³/mol. The van der Waals surface area contributed by atoms with Gasteiger partial charge in [0.1, 0.15) is 5.75 Å². The van der Waals surface area contributed by atoms with E-state index < -0.39 is 0 Å². The highest BCUT2D eigenvalue weighted by Crippen LogP contribution is 2.22. The van der Waals surface area contributed by atoms with Crippen LogP contribution < -0.4 is 4.74 Å². The molecule has 0 spiro atoms. The van der Waals surface area contributed by atoms with Crippen LogP contribution in [0.5, 0.6) is 5.75 Å². The van der Waals surface area contributed by atoms with Gasteiger partial charge in [0.15, 0.2) is 0 Å². The van der Waals surface area contributed by atoms with Crippen LogP contribution in [0.4, 0.5) is 11.4 Å². The van der Waals surface area contributed by atoms with Gasteiger partial charge in [-0.3, -0.25) is 0 Å². The number of aryl methyl sites for hydroxylation is 1. The van der Waals surface area contributed by atoms with Crippen molar-refractivity contribution in [3.63, 3.8) is 0 Å². The Kier molecular flexibility index (Phi) is 9.40. The third kappa shape index (κ3) is 7.69. The van der Waals surface area contributed by atoms with Crippen molar-refractivity contribution in [1.82, 2.24) is 0 Å². The molecule has 0 fully saturated rings. The maximum Gasteiger partial charge on any atom is 0.119 e. The number of benzene rings is 2. The topological polar surface area (TPSA) is 34.0 Å². The average molecular weight is 417 g/mol. The maximum atomic E-state index is 5.77. The third-order valence-corrected chi connectivity index (χ3v) is 5.35. The zero-order valence-corrected chi connectivity index (χ0v) is 17.4. The van der Waals surface area contributed by atoms with E-state index in [9.17, 15) is 0 Å². The first-order chi connectivity index (χ1) is 12.7. The van der Waals surface area contributed by atoms with Crippen molar-refractivity contribution in [2.75, 3.05) is 6.61 Å². The summed E-state index contributed by atoms with van der Waals surface area (Å²) in [5, 5.41) is 8.61. The van der Waals surface area contributed by atoms with Crippen LogP contribution in [0.15, 0.2) is 58.8 Å². The summed E-state index contributed by atoms with van der Waals surface area (Å²) in [6.07, 6.45) is 6.92. The second kappa shape index (κ2) is 11.8. The SMILES string of the molecule is CCCCc1ccc(N=Nc2ccc(OCCCC(Br)CC)cc2)cc1. The molecule has 0 saturated heterocycles. The van der Waals surface area contributed by atoms with Crippen LogP contribution in [0.3, 0.4) is 0 Å². The second-order valence-electron chi connectivity index (χ2n) is 6.46. The highest BCUT2D eigenvalue weighted by atomic mass is 79.9. The summed E-state index contributed by atoms with van der Waals surface area (Å²) >= 11 is 3.65. The Morgan fingerprint density at radius 1 is 0.885 bits per heavy atom. The van der Waals surface area contributed by atoms with E-state index in [0.717, 1.165) is 49.4 Å². The van der Waals surface area contributed by atoms with Crippen molar-refractivity contribution < 1.29 is 4.74 Å². The standard InChI is InChI=1S/C22H29BrN2O/c1-3-5-7-18-9-11-20(12-10-18)24-25-21-13-15-22(16-14-21)26-17-6-8-19(23)4-2/h9-16,19H,3-8,17H2,1-2H3. The third-order valence-electron chi connectivity index (χ3n) is 4.25. The first kappa shape index (κ1) is 20.6. The first-order valence-corrected chi connectivity index (χ1v) is 10.5. The van der Waals surface area contributed by atoms with Crippen molar-refractivity contribution in [1.29, 1.82) is 0 Å². The minimum Gasteiger partial charge on any atom is -0.494 e. The van der Waals surface area contributed by atoms with Crippen LogP contribution in [0, 0.1) is 0 Å². The molecular formula is C22H29BrN2O. The summed E-state index contributed by atoms with van der Waals surface area (Å²) in [5.74, 6) is 0.881. The molecule has 3 nitrogen and oxygen atoms in total. The molecular weight excluding hydrogens is 388 g/mol. The van der Waals surface area contributed by atoms with Gasteiger partial charge < -0.3 is 4.74 Å². The summed E-state index contributed by atoms with van der Waals surface area (Å²) in [6, 6.07) is 16.1. The fourth-order valence-electron chi connectivity index (χ4n) is 2.53. The molecule has 0 N–H and O–H groups in total. The van der Waals surface area contributed by atoms with Crippen molar-refractivity contribution in [3.05, 3.63) is 54.1 Å². The van der Waals surface area contributed by atoms with Gasteiger partial charge in [-0.05, 0) is 74.1 Å². The van der Waals surface area contributed by atoms with E-state index in [4.69, 9.17) is 4.74 Å². The molecule has 0 aliphatic heterocycles. The van der Waals surface area contributed by atoms with Gasteiger partial charge in [0.05, 0.1) is 18.0 Å². The molecule has 2 aromatic carbocycles. The molecule has 1 unspecified atom stereocenters. The Morgan fingerprint density at radius 2 is 1.50 bits per heavy atom. The zero-order valence-electron chi connectivity index (χ0n) is 15.8. The number of unbranched alkanes of at least 4 members (excludes halogenated alkanes) is 1. The van der Waals surface area contributed by atoms with Gasteiger partial charge in [-0.15, -0.1) is 0 Å². The molecule has 2 aromatic rings. The molecule has 0 aliphatic carbocycles. The van der Waals surface area contributed by atoms with E-state index in [-0.39, 0.29) is 0 Å². The van der Waals surface area contributed by atoms with Crippen LogP contribution in [-0.4, -0.2) is 11.4 Å². The molecule has 2 rings (SSSR count). The number of ether oxygens (including phenoxy) is 1. The van der Waals surface area contributed by atoms with Crippen LogP contribution in [0.2, 0.25) is 0 Å². The smallest absolute Gasteiger partial charge is 0.119 e. The highest BCUT2D eigenvalue weighted by Gasteiger charge is 2.01. The number of hydrogen-bond acceptors (Lipinski definition) is 3. The molecule has 0 radical (unpaired) electrons. The largest absolute Gasteiger partial charge is 0.494 e. The van der Waals surface area contributed by atoms with Gasteiger partial charge in [0.2, 0.25) is 0 Å². The minimum absolute atomic E-state index is 0.592. The van der Waals surface area contributed by atoms with Crippen LogP contribution in [-0.2, 0) is 6.42 Å². The molecule has 26 heavy (non-hydrogen) atoms. The predicted octanol–water partition coefficient (Wildman–Crippen LogP) is 7.78. The number of halogens is 1. The van der Waals surface area contributed by atoms with Crippen molar-refractivity contribution in [2.45, 2.75) is 57.2 Å². The molecule has 140 valence electrons. The normalized spacial score (nSPS) is 12.4. The van der Waals surface area contributed by atoms with E-state index in [1.807, 2.05) is 36.4 Å². The van der Waals surface area contributed by atoms with E-state index in [1.54, 1.807) is 0 Å². The molecule has 0 saturated carbocycles. The lowest BCUT2D eigenvalue weighted by atomic mass is 10.1. The van der Waals surface area contributed by atoms with Crippen LogP contribution in [0.1, 0.15) is 51.5 Å². The zero-order chi connectivity index (χ0) is 18.6. The molecule has 0 heterocycles. The lowest BCUT2D eigenvalue weighted by Crippen LogP contribution is -2.02. The Balaban J connectivity index is 1.79. The number of rotatable bonds is 11. The van der Waals surface area contributed by atoms with Gasteiger partial charge in [-0.25, -0.2) is 0 Å². The van der Waals surface area contributed by atoms with Crippen LogP contribution in [0.25, 0.3) is 0 Å². The summed E-state index contributed by atoms with van der Waals surface area (Å²) in [4.78, 5) is 0.592. The van der Waals surface area contributed by atoms with Gasteiger partial charge in [0.25, 0.3) is 0 Å². The maximum absolute atomic E-state index is 5.77. The van der Waals surface area contributed by atoms with Crippen molar-refractivity contribution >= 4 is 27.3 Å². The summed E-state index contributed by atoms with van der Waals surface area (Å²) in [6.45, 7) is 5.14. The van der Waals surface area contributed by atoms with E-state index in [2.05, 4.69) is 52.1 Å². The second-order valence-corrected chi connectivity index (χ2v) is 7.76. The first-order valence-electron chi connectivity index (χ1n) is 9.59. The Labute approximate surface area is 166 Å². The molecule has 0 aliphatic rings. The fourth-order valence-corrected chi connectivity index (χ4v) is 2.86. The monoisotopic (exact) mass is 416 g/mol. The molecule has 4 heteroatoms. The summed E-state index contributed by atoms with van der Waals surface area (Å²) in [7, 11) is 0. The van der Waals surface area contributed by atoms with Gasteiger partial charge in [-0.1, -0.05) is 48.3 Å². The minimum atomic E-state index is 0.592. The van der Waals surface area contributed by atoms with Gasteiger partial charge >= 0.3 is 0 Å². The Hall–Kier alpha value is -1.68. The Bertz CT molecular complexity index is 653. The molecule has 0 bridgehead atoms. The van der Waals surface area contributed by atoms with Crippen molar-refractivity contribution in [2.24, 2.45) is 10.2 Å². The van der Waals surface area contributed by atoms with E-state index in [0.29, 0.717) is 4.83 Å². The molecule has 0 aromatic heterocycles. The highest BCUT2D eigenvalue weighted by molar-refractivity contribution is 9.09. The summed E-state index contributed by atoms with van der Waals surface area (Å²) in [5.41, 5.74) is 3.07. The van der Waals surface area contributed by atoms with Crippen LogP contribution >= 0.6 is 15.9 Å². The fraction of sp³-hybridized carbons (Fsp3) is 0.455. The number of azo groups is 1. The van der Waals surface area contributed by atoms with E-state index >= 15 is 0 Å².